The number of rotatable bonds is 4. The highest BCUT2D eigenvalue weighted by Gasteiger charge is 2.18. The van der Waals surface area contributed by atoms with Crippen LogP contribution < -0.4 is 16.2 Å². The molecule has 1 saturated heterocycles. The fourth-order valence-electron chi connectivity index (χ4n) is 2.79. The maximum atomic E-state index is 12.2. The lowest BCUT2D eigenvalue weighted by atomic mass is 10.2. The van der Waals surface area contributed by atoms with Crippen LogP contribution in [0, 0.1) is 0 Å². The Balaban J connectivity index is 1.76. The van der Waals surface area contributed by atoms with Gasteiger partial charge < -0.3 is 20.4 Å². The number of aromatic amines is 1. The Morgan fingerprint density at radius 2 is 2.21 bits per heavy atom. The van der Waals surface area contributed by atoms with E-state index in [1.54, 1.807) is 12.4 Å². The Bertz CT molecular complexity index is 904. The number of hydrogen-bond donors (Lipinski definition) is 3. The van der Waals surface area contributed by atoms with E-state index in [-0.39, 0.29) is 11.6 Å². The second kappa shape index (κ2) is 6.29. The molecule has 0 saturated carbocycles. The van der Waals surface area contributed by atoms with Crippen molar-refractivity contribution in [3.8, 4) is 0 Å². The minimum atomic E-state index is -0.161. The third-order valence-electron chi connectivity index (χ3n) is 3.95. The Kier molecular flexibility index (Phi) is 3.84. The topological polar surface area (TPSA) is 91.9 Å². The van der Waals surface area contributed by atoms with Crippen LogP contribution in [0.25, 0.3) is 10.8 Å². The molecule has 0 bridgehead atoms. The third kappa shape index (κ3) is 2.93. The van der Waals surface area contributed by atoms with Crippen LogP contribution in [0.1, 0.15) is 6.42 Å². The van der Waals surface area contributed by atoms with Gasteiger partial charge in [0.2, 0.25) is 0 Å². The van der Waals surface area contributed by atoms with Gasteiger partial charge in [-0.05, 0) is 36.1 Å². The second-order valence-corrected chi connectivity index (χ2v) is 5.67. The van der Waals surface area contributed by atoms with Crippen molar-refractivity contribution < 1.29 is 4.74 Å². The number of nitrogens with zero attached hydrogens (tertiary/aromatic N) is 2. The molecule has 1 unspecified atom stereocenters. The van der Waals surface area contributed by atoms with Gasteiger partial charge in [0.05, 0.1) is 18.0 Å². The summed E-state index contributed by atoms with van der Waals surface area (Å²) in [6, 6.07) is 9.47. The predicted molar refractivity (Wildman–Crippen MR) is 92.7 cm³/mol. The molecule has 0 aliphatic carbocycles. The van der Waals surface area contributed by atoms with Gasteiger partial charge >= 0.3 is 0 Å². The van der Waals surface area contributed by atoms with Crippen molar-refractivity contribution in [2.24, 2.45) is 0 Å². The van der Waals surface area contributed by atoms with E-state index in [9.17, 15) is 4.79 Å². The molecule has 4 rings (SSSR count). The minimum Gasteiger partial charge on any atom is -0.379 e. The molecule has 0 radical (unpaired) electrons. The van der Waals surface area contributed by atoms with Crippen molar-refractivity contribution in [2.45, 2.75) is 12.5 Å². The molecule has 122 valence electrons. The van der Waals surface area contributed by atoms with E-state index in [1.165, 1.54) is 0 Å². The van der Waals surface area contributed by atoms with Crippen LogP contribution in [-0.4, -0.2) is 34.2 Å². The van der Waals surface area contributed by atoms with Crippen LogP contribution in [0.3, 0.4) is 0 Å². The number of fused-ring (bicyclic) bond motifs is 1. The first-order chi connectivity index (χ1) is 11.8. The van der Waals surface area contributed by atoms with Crippen LogP contribution in [0.4, 0.5) is 17.5 Å². The molecular formula is C17H17N5O2. The maximum Gasteiger partial charge on any atom is 0.259 e. The fraction of sp³-hybridized carbons (Fsp3) is 0.235. The van der Waals surface area contributed by atoms with Crippen LogP contribution >= 0.6 is 0 Å². The van der Waals surface area contributed by atoms with Crippen LogP contribution in [0.2, 0.25) is 0 Å². The molecule has 1 aliphatic heterocycles. The number of aromatic nitrogens is 3. The molecule has 7 heteroatoms. The fourth-order valence-corrected chi connectivity index (χ4v) is 2.79. The Labute approximate surface area is 138 Å². The van der Waals surface area contributed by atoms with Crippen molar-refractivity contribution in [1.29, 1.82) is 0 Å². The zero-order valence-corrected chi connectivity index (χ0v) is 13.0. The summed E-state index contributed by atoms with van der Waals surface area (Å²) in [5.74, 6) is 1.89. The predicted octanol–water partition coefficient (Wildman–Crippen LogP) is 2.26. The van der Waals surface area contributed by atoms with Gasteiger partial charge in [-0.3, -0.25) is 4.79 Å². The smallest absolute Gasteiger partial charge is 0.259 e. The molecule has 7 nitrogen and oxygen atoms in total. The molecule has 0 amide bonds. The summed E-state index contributed by atoms with van der Waals surface area (Å²) in [6.07, 6.45) is 4.24. The quantitative estimate of drug-likeness (QED) is 0.682. The number of anilines is 3. The molecule has 0 aromatic carbocycles. The van der Waals surface area contributed by atoms with E-state index < -0.39 is 0 Å². The summed E-state index contributed by atoms with van der Waals surface area (Å²) in [4.78, 5) is 23.8. The first-order valence-electron chi connectivity index (χ1n) is 7.84. The Morgan fingerprint density at radius 3 is 3.00 bits per heavy atom. The summed E-state index contributed by atoms with van der Waals surface area (Å²) >= 11 is 0. The highest BCUT2D eigenvalue weighted by atomic mass is 16.5. The highest BCUT2D eigenvalue weighted by molar-refractivity contribution is 5.93. The Hall–Kier alpha value is -2.93. The van der Waals surface area contributed by atoms with Gasteiger partial charge in [-0.2, -0.15) is 0 Å². The molecule has 24 heavy (non-hydrogen) atoms. The summed E-state index contributed by atoms with van der Waals surface area (Å²) in [6.45, 7) is 1.34. The summed E-state index contributed by atoms with van der Waals surface area (Å²) in [5, 5.41) is 7.87. The van der Waals surface area contributed by atoms with Gasteiger partial charge in [0.15, 0.2) is 0 Å². The zero-order chi connectivity index (χ0) is 16.4. The average molecular weight is 323 g/mol. The molecule has 3 N–H and O–H groups in total. The van der Waals surface area contributed by atoms with Crippen molar-refractivity contribution in [1.82, 2.24) is 15.0 Å². The number of ether oxygens (including phenoxy) is 1. The van der Waals surface area contributed by atoms with Crippen LogP contribution in [-0.2, 0) is 4.74 Å². The van der Waals surface area contributed by atoms with Gasteiger partial charge in [-0.25, -0.2) is 9.97 Å². The zero-order valence-electron chi connectivity index (χ0n) is 13.0. The Morgan fingerprint density at radius 1 is 1.25 bits per heavy atom. The van der Waals surface area contributed by atoms with E-state index in [2.05, 4.69) is 25.6 Å². The lowest BCUT2D eigenvalue weighted by molar-refractivity contribution is 0.195. The molecule has 1 fully saturated rings. The molecule has 3 aromatic heterocycles. The van der Waals surface area contributed by atoms with Crippen molar-refractivity contribution in [3.63, 3.8) is 0 Å². The summed E-state index contributed by atoms with van der Waals surface area (Å²) < 4.78 is 5.40. The number of hydrogen-bond acceptors (Lipinski definition) is 6. The largest absolute Gasteiger partial charge is 0.379 e. The SMILES string of the molecule is O=c1[nH]ccc2cc(Nc3ccccn3)nc(NC3CCOC3)c12. The van der Waals surface area contributed by atoms with E-state index in [1.807, 2.05) is 30.3 Å². The van der Waals surface area contributed by atoms with Crippen molar-refractivity contribution in [3.05, 3.63) is 53.1 Å². The van der Waals surface area contributed by atoms with E-state index in [0.717, 1.165) is 18.4 Å². The third-order valence-corrected chi connectivity index (χ3v) is 3.95. The lowest BCUT2D eigenvalue weighted by Crippen LogP contribution is -2.22. The van der Waals surface area contributed by atoms with E-state index >= 15 is 0 Å². The molecule has 1 atom stereocenters. The molecule has 1 aliphatic rings. The average Bonchev–Trinajstić information content (AvgIpc) is 3.09. The normalized spacial score (nSPS) is 17.1. The van der Waals surface area contributed by atoms with Crippen LogP contribution in [0.5, 0.6) is 0 Å². The molecule has 3 aromatic rings. The van der Waals surface area contributed by atoms with Crippen molar-refractivity contribution in [2.75, 3.05) is 23.8 Å². The van der Waals surface area contributed by atoms with Gasteiger partial charge in [0, 0.05) is 19.0 Å². The number of H-pyrrole nitrogens is 1. The van der Waals surface area contributed by atoms with Gasteiger partial charge in [-0.1, -0.05) is 6.07 Å². The highest BCUT2D eigenvalue weighted by Crippen LogP contribution is 2.24. The number of pyridine rings is 3. The van der Waals surface area contributed by atoms with Gasteiger partial charge in [-0.15, -0.1) is 0 Å². The monoisotopic (exact) mass is 323 g/mol. The lowest BCUT2D eigenvalue weighted by Gasteiger charge is -2.15. The first kappa shape index (κ1) is 14.6. The molecular weight excluding hydrogens is 306 g/mol. The van der Waals surface area contributed by atoms with E-state index in [0.29, 0.717) is 29.4 Å². The summed E-state index contributed by atoms with van der Waals surface area (Å²) in [5.41, 5.74) is -0.161. The summed E-state index contributed by atoms with van der Waals surface area (Å²) in [7, 11) is 0. The van der Waals surface area contributed by atoms with E-state index in [4.69, 9.17) is 4.74 Å². The first-order valence-corrected chi connectivity index (χ1v) is 7.84. The molecule has 4 heterocycles. The molecule has 0 spiro atoms. The van der Waals surface area contributed by atoms with Gasteiger partial charge in [0.25, 0.3) is 5.56 Å². The van der Waals surface area contributed by atoms with Gasteiger partial charge in [0.1, 0.15) is 17.5 Å². The second-order valence-electron chi connectivity index (χ2n) is 5.67. The maximum absolute atomic E-state index is 12.2. The standard InChI is InChI=1S/C17H17N5O2/c23-17-15-11(4-7-19-17)9-14(21-13-3-1-2-6-18-13)22-16(15)20-12-5-8-24-10-12/h1-4,6-7,9,12H,5,8,10H2,(H,19,23)(H2,18,20,21,22). The number of nitrogens with one attached hydrogen (secondary N) is 3. The van der Waals surface area contributed by atoms with Crippen LogP contribution in [0.15, 0.2) is 47.5 Å². The van der Waals surface area contributed by atoms with Crippen molar-refractivity contribution >= 4 is 28.2 Å². The minimum absolute atomic E-state index is 0.158.